The van der Waals surface area contributed by atoms with Crippen LogP contribution in [0, 0.1) is 0 Å². The highest BCUT2D eigenvalue weighted by Gasteiger charge is 2.07. The molecule has 0 saturated carbocycles. The van der Waals surface area contributed by atoms with Crippen molar-refractivity contribution in [3.63, 3.8) is 0 Å². The van der Waals surface area contributed by atoms with E-state index in [-0.39, 0.29) is 6.04 Å². The van der Waals surface area contributed by atoms with Gasteiger partial charge in [0.2, 0.25) is 0 Å². The van der Waals surface area contributed by atoms with E-state index in [0.29, 0.717) is 0 Å². The van der Waals surface area contributed by atoms with E-state index in [1.807, 2.05) is 6.92 Å². The minimum Gasteiger partial charge on any atom is -0.381 e. The highest BCUT2D eigenvalue weighted by molar-refractivity contribution is 7.09. The molecule has 0 bridgehead atoms. The molecule has 1 heterocycles. The van der Waals surface area contributed by atoms with Gasteiger partial charge in [-0.2, -0.15) is 0 Å². The molecule has 1 aromatic heterocycles. The monoisotopic (exact) mass is 242 g/mol. The van der Waals surface area contributed by atoms with Crippen LogP contribution in [0.5, 0.6) is 0 Å². The third-order valence-corrected chi connectivity index (χ3v) is 3.35. The van der Waals surface area contributed by atoms with Crippen LogP contribution in [0.15, 0.2) is 5.38 Å². The average molecular weight is 242 g/mol. The quantitative estimate of drug-likeness (QED) is 0.712. The van der Waals surface area contributed by atoms with E-state index in [2.05, 4.69) is 17.3 Å². The van der Waals surface area contributed by atoms with Gasteiger partial charge in [-0.1, -0.05) is 13.3 Å². The highest BCUT2D eigenvalue weighted by atomic mass is 32.1. The van der Waals surface area contributed by atoms with Crippen molar-refractivity contribution in [2.45, 2.75) is 45.6 Å². The molecule has 4 heteroatoms. The molecule has 2 N–H and O–H groups in total. The van der Waals surface area contributed by atoms with Crippen molar-refractivity contribution < 1.29 is 4.74 Å². The van der Waals surface area contributed by atoms with Crippen LogP contribution >= 0.6 is 11.3 Å². The molecule has 0 radical (unpaired) electrons. The Kier molecular flexibility index (Phi) is 6.61. The summed E-state index contributed by atoms with van der Waals surface area (Å²) in [4.78, 5) is 4.56. The van der Waals surface area contributed by atoms with Crippen molar-refractivity contribution in [3.8, 4) is 0 Å². The van der Waals surface area contributed by atoms with Gasteiger partial charge in [0.05, 0.1) is 17.3 Å². The number of nitrogens with two attached hydrogens (primary N) is 1. The highest BCUT2D eigenvalue weighted by Crippen LogP contribution is 2.13. The minimum absolute atomic E-state index is 0.256. The molecule has 0 spiro atoms. The zero-order valence-electron chi connectivity index (χ0n) is 10.2. The largest absolute Gasteiger partial charge is 0.381 e. The first-order valence-corrected chi connectivity index (χ1v) is 6.90. The summed E-state index contributed by atoms with van der Waals surface area (Å²) >= 11 is 1.71. The van der Waals surface area contributed by atoms with Crippen LogP contribution < -0.4 is 5.73 Å². The van der Waals surface area contributed by atoms with Gasteiger partial charge in [0.15, 0.2) is 0 Å². The summed E-state index contributed by atoms with van der Waals surface area (Å²) in [7, 11) is 0. The van der Waals surface area contributed by atoms with Crippen LogP contribution in [0.4, 0.5) is 0 Å². The number of aromatic nitrogens is 1. The number of rotatable bonds is 8. The smallest absolute Gasteiger partial charge is 0.0951 e. The lowest BCUT2D eigenvalue weighted by atomic mass is 10.1. The number of ether oxygens (including phenoxy) is 1. The van der Waals surface area contributed by atoms with E-state index in [4.69, 9.17) is 10.5 Å². The van der Waals surface area contributed by atoms with Crippen LogP contribution in [0.1, 0.15) is 37.4 Å². The first-order chi connectivity index (χ1) is 7.76. The van der Waals surface area contributed by atoms with Gasteiger partial charge >= 0.3 is 0 Å². The van der Waals surface area contributed by atoms with E-state index in [1.54, 1.807) is 11.3 Å². The van der Waals surface area contributed by atoms with Gasteiger partial charge in [-0.25, -0.2) is 4.98 Å². The fourth-order valence-corrected chi connectivity index (χ4v) is 2.39. The van der Waals surface area contributed by atoms with E-state index in [0.717, 1.165) is 49.6 Å². The summed E-state index contributed by atoms with van der Waals surface area (Å²) in [6.45, 7) is 5.72. The molecule has 0 aromatic carbocycles. The van der Waals surface area contributed by atoms with Crippen molar-refractivity contribution in [2.75, 3.05) is 13.2 Å². The Hall–Kier alpha value is -0.450. The molecule has 0 saturated heterocycles. The Morgan fingerprint density at radius 2 is 2.31 bits per heavy atom. The fourth-order valence-electron chi connectivity index (χ4n) is 1.60. The van der Waals surface area contributed by atoms with Gasteiger partial charge in [-0.05, 0) is 13.3 Å². The molecule has 1 aromatic rings. The Bertz CT molecular complexity index is 288. The van der Waals surface area contributed by atoms with E-state index in [9.17, 15) is 0 Å². The molecule has 0 aliphatic rings. The lowest BCUT2D eigenvalue weighted by Crippen LogP contribution is -2.22. The Morgan fingerprint density at radius 1 is 1.50 bits per heavy atom. The number of thiazole rings is 1. The van der Waals surface area contributed by atoms with Crippen LogP contribution in [0.3, 0.4) is 0 Å². The number of nitrogens with zero attached hydrogens (tertiary/aromatic N) is 1. The maximum atomic E-state index is 5.99. The number of hydrogen-bond donors (Lipinski definition) is 1. The topological polar surface area (TPSA) is 48.1 Å². The third-order valence-electron chi connectivity index (χ3n) is 2.39. The van der Waals surface area contributed by atoms with Crippen LogP contribution in [-0.4, -0.2) is 24.2 Å². The minimum atomic E-state index is 0.256. The molecule has 92 valence electrons. The molecule has 1 unspecified atom stereocenters. The molecule has 0 amide bonds. The molecule has 1 atom stereocenters. The summed E-state index contributed by atoms with van der Waals surface area (Å²) in [5, 5.41) is 3.28. The standard InChI is InChI=1S/C12H22N2OS/c1-3-5-10(13)8-11-9-16-12(14-11)6-7-15-4-2/h9-10H,3-8,13H2,1-2H3. The summed E-state index contributed by atoms with van der Waals surface area (Å²) in [5.74, 6) is 0. The van der Waals surface area contributed by atoms with Gasteiger partial charge < -0.3 is 10.5 Å². The van der Waals surface area contributed by atoms with Crippen molar-refractivity contribution in [3.05, 3.63) is 16.1 Å². The molecule has 1 rings (SSSR count). The summed E-state index contributed by atoms with van der Waals surface area (Å²) in [5.41, 5.74) is 7.12. The normalized spacial score (nSPS) is 12.9. The van der Waals surface area contributed by atoms with Gasteiger partial charge in [-0.15, -0.1) is 11.3 Å². The fraction of sp³-hybridized carbons (Fsp3) is 0.750. The summed E-state index contributed by atoms with van der Waals surface area (Å²) in [6.07, 6.45) is 4.04. The molecule has 0 aliphatic heterocycles. The van der Waals surface area contributed by atoms with Crippen molar-refractivity contribution in [2.24, 2.45) is 5.73 Å². The van der Waals surface area contributed by atoms with Gasteiger partial charge in [0.25, 0.3) is 0 Å². The Labute approximate surface area is 102 Å². The maximum absolute atomic E-state index is 5.99. The van der Waals surface area contributed by atoms with Crippen LogP contribution in [0.25, 0.3) is 0 Å². The first kappa shape index (κ1) is 13.6. The van der Waals surface area contributed by atoms with Gasteiger partial charge in [0.1, 0.15) is 0 Å². The van der Waals surface area contributed by atoms with Crippen molar-refractivity contribution in [1.29, 1.82) is 0 Å². The predicted molar refractivity (Wildman–Crippen MR) is 68.9 cm³/mol. The average Bonchev–Trinajstić information content (AvgIpc) is 2.66. The predicted octanol–water partition coefficient (Wildman–Crippen LogP) is 2.39. The third kappa shape index (κ3) is 5.05. The lowest BCUT2D eigenvalue weighted by Gasteiger charge is -2.06. The van der Waals surface area contributed by atoms with E-state index in [1.165, 1.54) is 0 Å². The molecular formula is C12H22N2OS. The molecule has 16 heavy (non-hydrogen) atoms. The van der Waals surface area contributed by atoms with Crippen molar-refractivity contribution >= 4 is 11.3 Å². The molecule has 3 nitrogen and oxygen atoms in total. The van der Waals surface area contributed by atoms with Gasteiger partial charge in [-0.3, -0.25) is 0 Å². The number of hydrogen-bond acceptors (Lipinski definition) is 4. The lowest BCUT2D eigenvalue weighted by molar-refractivity contribution is 0.151. The van der Waals surface area contributed by atoms with E-state index >= 15 is 0 Å². The van der Waals surface area contributed by atoms with Crippen LogP contribution in [-0.2, 0) is 17.6 Å². The maximum Gasteiger partial charge on any atom is 0.0951 e. The first-order valence-electron chi connectivity index (χ1n) is 6.02. The second-order valence-electron chi connectivity index (χ2n) is 3.93. The zero-order valence-corrected chi connectivity index (χ0v) is 11.1. The molecule has 0 aliphatic carbocycles. The van der Waals surface area contributed by atoms with E-state index < -0.39 is 0 Å². The SMILES string of the molecule is CCCC(N)Cc1csc(CCOCC)n1. The van der Waals surface area contributed by atoms with Crippen LogP contribution in [0.2, 0.25) is 0 Å². The Balaban J connectivity index is 2.33. The summed E-state index contributed by atoms with van der Waals surface area (Å²) in [6, 6.07) is 0.256. The second-order valence-corrected chi connectivity index (χ2v) is 4.88. The zero-order chi connectivity index (χ0) is 11.8. The second kappa shape index (κ2) is 7.76. The van der Waals surface area contributed by atoms with Gasteiger partial charge in [0, 0.05) is 30.9 Å². The molecule has 0 fully saturated rings. The van der Waals surface area contributed by atoms with Crippen molar-refractivity contribution in [1.82, 2.24) is 4.98 Å². The Morgan fingerprint density at radius 3 is 3.00 bits per heavy atom. The molecular weight excluding hydrogens is 220 g/mol. The summed E-state index contributed by atoms with van der Waals surface area (Å²) < 4.78 is 5.31.